The first-order valence-corrected chi connectivity index (χ1v) is 14.2. The molecule has 0 aliphatic carbocycles. The normalized spacial score (nSPS) is 17.9. The highest BCUT2D eigenvalue weighted by molar-refractivity contribution is 7.88. The topological polar surface area (TPSA) is 75.7 Å². The lowest BCUT2D eigenvalue weighted by atomic mass is 9.92. The fourth-order valence-electron chi connectivity index (χ4n) is 4.56. The Morgan fingerprint density at radius 2 is 1.86 bits per heavy atom. The summed E-state index contributed by atoms with van der Waals surface area (Å²) in [5.74, 6) is 0.401. The molecule has 3 rings (SSSR count). The summed E-state index contributed by atoms with van der Waals surface area (Å²) in [6.45, 7) is 8.74. The number of hydrogen-bond donors (Lipinski definition) is 1. The predicted octanol–water partition coefficient (Wildman–Crippen LogP) is 5.85. The van der Waals surface area contributed by atoms with Crippen molar-refractivity contribution in [3.05, 3.63) is 62.6 Å². The van der Waals surface area contributed by atoms with E-state index < -0.39 is 15.9 Å². The lowest BCUT2D eigenvalue weighted by Gasteiger charge is -2.32. The Labute approximate surface area is 219 Å². The fraction of sp³-hybridized carbons (Fsp3) is 0.500. The number of amides is 1. The van der Waals surface area contributed by atoms with Gasteiger partial charge in [0.15, 0.2) is 0 Å². The summed E-state index contributed by atoms with van der Waals surface area (Å²) in [5, 5.41) is 3.81. The van der Waals surface area contributed by atoms with Crippen LogP contribution in [0.3, 0.4) is 0 Å². The second-order valence-corrected chi connectivity index (χ2v) is 12.3. The molecule has 0 saturated carbocycles. The van der Waals surface area contributed by atoms with Gasteiger partial charge in [-0.25, -0.2) is 12.7 Å². The summed E-state index contributed by atoms with van der Waals surface area (Å²) in [7, 11) is -1.94. The summed E-state index contributed by atoms with van der Waals surface area (Å²) in [4.78, 5) is 13.2. The van der Waals surface area contributed by atoms with E-state index in [0.29, 0.717) is 35.0 Å². The average Bonchev–Trinajstić information content (AvgIpc) is 2.80. The Morgan fingerprint density at radius 1 is 1.14 bits per heavy atom. The van der Waals surface area contributed by atoms with Gasteiger partial charge in [-0.3, -0.25) is 4.79 Å². The molecule has 1 aliphatic heterocycles. The molecule has 2 aromatic rings. The minimum Gasteiger partial charge on any atom is -0.496 e. The van der Waals surface area contributed by atoms with Crippen LogP contribution in [-0.4, -0.2) is 38.8 Å². The van der Waals surface area contributed by atoms with Crippen LogP contribution in [0.2, 0.25) is 10.0 Å². The molecule has 192 valence electrons. The second kappa shape index (κ2) is 11.5. The molecule has 9 heteroatoms. The van der Waals surface area contributed by atoms with E-state index in [9.17, 15) is 13.2 Å². The van der Waals surface area contributed by atoms with E-state index in [2.05, 4.69) is 25.2 Å². The Kier molecular flexibility index (Phi) is 9.13. The molecule has 1 amide bonds. The smallest absolute Gasteiger partial charge is 0.224 e. The molecule has 0 aromatic heterocycles. The number of benzene rings is 2. The Bertz CT molecular complexity index is 1180. The molecule has 1 aliphatic rings. The molecule has 0 spiro atoms. The van der Waals surface area contributed by atoms with Gasteiger partial charge in [-0.05, 0) is 79.1 Å². The minimum absolute atomic E-state index is 0.131. The maximum Gasteiger partial charge on any atom is 0.224 e. The van der Waals surface area contributed by atoms with Crippen molar-refractivity contribution in [1.82, 2.24) is 9.62 Å². The van der Waals surface area contributed by atoms with Crippen LogP contribution in [-0.2, 0) is 20.6 Å². The van der Waals surface area contributed by atoms with Gasteiger partial charge < -0.3 is 10.1 Å². The third-order valence-corrected chi connectivity index (χ3v) is 9.10. The molecular weight excluding hydrogens is 507 g/mol. The standard InChI is InChI=1S/C26H34Cl2N2O4S/c1-16(2)21-13-22(17(3)11-25(21)34-5)18(4)29-26(31)20-7-6-10-30(14-20)35(32,33)15-19-8-9-23(27)24(28)12-19/h8-9,11-13,16,18,20H,6-7,10,14-15H2,1-5H3,(H,29,31)/t18-,20-/m0/s1. The van der Waals surface area contributed by atoms with Crippen LogP contribution in [0.4, 0.5) is 0 Å². The summed E-state index contributed by atoms with van der Waals surface area (Å²) < 4.78 is 33.1. The highest BCUT2D eigenvalue weighted by atomic mass is 35.5. The molecule has 6 nitrogen and oxygen atoms in total. The number of sulfonamides is 1. The van der Waals surface area contributed by atoms with E-state index in [1.54, 1.807) is 25.3 Å². The van der Waals surface area contributed by atoms with Crippen molar-refractivity contribution in [2.75, 3.05) is 20.2 Å². The summed E-state index contributed by atoms with van der Waals surface area (Å²) in [6, 6.07) is 8.71. The lowest BCUT2D eigenvalue weighted by molar-refractivity contribution is -0.126. The molecule has 1 heterocycles. The lowest BCUT2D eigenvalue weighted by Crippen LogP contribution is -2.46. The second-order valence-electron chi connectivity index (χ2n) is 9.54. The molecule has 0 bridgehead atoms. The first-order valence-electron chi connectivity index (χ1n) is 11.8. The summed E-state index contributed by atoms with van der Waals surface area (Å²) in [5.41, 5.74) is 3.72. The number of methoxy groups -OCH3 is 1. The van der Waals surface area contributed by atoms with E-state index in [1.807, 2.05) is 19.9 Å². The van der Waals surface area contributed by atoms with Crippen molar-refractivity contribution >= 4 is 39.1 Å². The van der Waals surface area contributed by atoms with Crippen LogP contribution >= 0.6 is 23.2 Å². The van der Waals surface area contributed by atoms with E-state index in [0.717, 1.165) is 22.4 Å². The van der Waals surface area contributed by atoms with Crippen molar-refractivity contribution in [3.63, 3.8) is 0 Å². The predicted molar refractivity (Wildman–Crippen MR) is 142 cm³/mol. The largest absolute Gasteiger partial charge is 0.496 e. The van der Waals surface area contributed by atoms with Gasteiger partial charge in [0.2, 0.25) is 15.9 Å². The van der Waals surface area contributed by atoms with Gasteiger partial charge in [-0.2, -0.15) is 0 Å². The third-order valence-electron chi connectivity index (χ3n) is 6.55. The van der Waals surface area contributed by atoms with E-state index in [4.69, 9.17) is 27.9 Å². The van der Waals surface area contributed by atoms with E-state index in [-0.39, 0.29) is 30.2 Å². The molecule has 0 unspecified atom stereocenters. The van der Waals surface area contributed by atoms with Crippen LogP contribution < -0.4 is 10.1 Å². The third kappa shape index (κ3) is 6.70. The van der Waals surface area contributed by atoms with E-state index >= 15 is 0 Å². The fourth-order valence-corrected chi connectivity index (χ4v) is 6.48. The number of rotatable bonds is 8. The van der Waals surface area contributed by atoms with Crippen LogP contribution in [0.1, 0.15) is 67.8 Å². The van der Waals surface area contributed by atoms with Gasteiger partial charge >= 0.3 is 0 Å². The van der Waals surface area contributed by atoms with Crippen molar-refractivity contribution in [2.45, 2.75) is 58.2 Å². The summed E-state index contributed by atoms with van der Waals surface area (Å²) in [6.07, 6.45) is 1.28. The number of hydrogen-bond acceptors (Lipinski definition) is 4. The van der Waals surface area contributed by atoms with Crippen molar-refractivity contribution in [3.8, 4) is 5.75 Å². The minimum atomic E-state index is -3.60. The first-order chi connectivity index (χ1) is 16.4. The van der Waals surface area contributed by atoms with Crippen LogP contribution in [0.25, 0.3) is 0 Å². The number of nitrogens with one attached hydrogen (secondary N) is 1. The van der Waals surface area contributed by atoms with Crippen molar-refractivity contribution in [2.24, 2.45) is 5.92 Å². The number of carbonyl (C=O) groups excluding carboxylic acids is 1. The van der Waals surface area contributed by atoms with Crippen molar-refractivity contribution in [1.29, 1.82) is 0 Å². The molecule has 2 atom stereocenters. The Balaban J connectivity index is 1.70. The number of halogens is 2. The van der Waals surface area contributed by atoms with Crippen molar-refractivity contribution < 1.29 is 17.9 Å². The maximum atomic E-state index is 13.2. The molecule has 0 radical (unpaired) electrons. The van der Waals surface area contributed by atoms with Gasteiger partial charge in [-0.1, -0.05) is 43.1 Å². The van der Waals surface area contributed by atoms with Crippen LogP contribution in [0.5, 0.6) is 5.75 Å². The van der Waals surface area contributed by atoms with Gasteiger partial charge in [0, 0.05) is 13.1 Å². The first kappa shape index (κ1) is 27.8. The zero-order valence-electron chi connectivity index (χ0n) is 20.9. The SMILES string of the molecule is COc1cc(C)c([C@H](C)NC(=O)[C@H]2CCCN(S(=O)(=O)Cc3ccc(Cl)c(Cl)c3)C2)cc1C(C)C. The van der Waals surface area contributed by atoms with Gasteiger partial charge in [-0.15, -0.1) is 0 Å². The zero-order chi connectivity index (χ0) is 25.9. The molecule has 2 aromatic carbocycles. The number of ether oxygens (including phenoxy) is 1. The number of carbonyl (C=O) groups is 1. The van der Waals surface area contributed by atoms with Gasteiger partial charge in [0.25, 0.3) is 0 Å². The zero-order valence-corrected chi connectivity index (χ0v) is 23.2. The number of nitrogens with zero attached hydrogens (tertiary/aromatic N) is 1. The Hall–Kier alpha value is -1.80. The maximum absolute atomic E-state index is 13.2. The average molecular weight is 542 g/mol. The number of aryl methyl sites for hydroxylation is 1. The molecule has 1 N–H and O–H groups in total. The quantitative estimate of drug-likeness (QED) is 0.455. The monoisotopic (exact) mass is 540 g/mol. The molecule has 1 fully saturated rings. The van der Waals surface area contributed by atoms with Gasteiger partial charge in [0.05, 0.1) is 34.9 Å². The highest BCUT2D eigenvalue weighted by Gasteiger charge is 2.33. The van der Waals surface area contributed by atoms with Crippen LogP contribution in [0.15, 0.2) is 30.3 Å². The highest BCUT2D eigenvalue weighted by Crippen LogP contribution is 2.32. The Morgan fingerprint density at radius 3 is 2.49 bits per heavy atom. The summed E-state index contributed by atoms with van der Waals surface area (Å²) >= 11 is 12.0. The van der Waals surface area contributed by atoms with Gasteiger partial charge in [0.1, 0.15) is 5.75 Å². The van der Waals surface area contributed by atoms with Crippen LogP contribution in [0, 0.1) is 12.8 Å². The number of piperidine rings is 1. The molecular formula is C26H34Cl2N2O4S. The molecule has 35 heavy (non-hydrogen) atoms. The van der Waals surface area contributed by atoms with E-state index in [1.165, 1.54) is 4.31 Å². The molecule has 1 saturated heterocycles.